The number of imidazole rings is 1. The summed E-state index contributed by atoms with van der Waals surface area (Å²) in [5.74, 6) is 1.81. The average Bonchev–Trinajstić information content (AvgIpc) is 2.66. The van der Waals surface area contributed by atoms with Gasteiger partial charge in [-0.3, -0.25) is 0 Å². The molecule has 1 rings (SSSR count). The van der Waals surface area contributed by atoms with Crippen molar-refractivity contribution in [1.29, 1.82) is 0 Å². The SMILES string of the molecule is CCCCn1cc(C)nc1NC(C)CC(C)CC. The number of aromatic nitrogens is 2. The third-order valence-corrected chi connectivity index (χ3v) is 3.48. The molecule has 0 radical (unpaired) electrons. The lowest BCUT2D eigenvalue weighted by Gasteiger charge is -2.18. The summed E-state index contributed by atoms with van der Waals surface area (Å²) in [6.45, 7) is 12.2. The van der Waals surface area contributed by atoms with Crippen LogP contribution in [0, 0.1) is 12.8 Å². The zero-order valence-corrected chi connectivity index (χ0v) is 12.7. The normalized spacial score (nSPS) is 14.5. The third kappa shape index (κ3) is 4.71. The minimum atomic E-state index is 0.488. The van der Waals surface area contributed by atoms with Gasteiger partial charge < -0.3 is 9.88 Å². The summed E-state index contributed by atoms with van der Waals surface area (Å²) in [4.78, 5) is 4.59. The van der Waals surface area contributed by atoms with Gasteiger partial charge in [-0.1, -0.05) is 33.6 Å². The Morgan fingerprint density at radius 2 is 2.06 bits per heavy atom. The van der Waals surface area contributed by atoms with E-state index >= 15 is 0 Å². The topological polar surface area (TPSA) is 29.9 Å². The molecule has 0 fully saturated rings. The number of nitrogens with one attached hydrogen (secondary N) is 1. The van der Waals surface area contributed by atoms with Crippen LogP contribution < -0.4 is 5.32 Å². The molecule has 0 saturated carbocycles. The van der Waals surface area contributed by atoms with Gasteiger partial charge in [0.1, 0.15) is 0 Å². The standard InChI is InChI=1S/C15H29N3/c1-6-8-9-18-11-14(5)17-15(18)16-13(4)10-12(3)7-2/h11-13H,6-10H2,1-5H3,(H,16,17). The summed E-state index contributed by atoms with van der Waals surface area (Å²) in [7, 11) is 0. The van der Waals surface area contributed by atoms with Crippen LogP contribution in [0.25, 0.3) is 0 Å². The van der Waals surface area contributed by atoms with Crippen LogP contribution in [-0.2, 0) is 6.54 Å². The van der Waals surface area contributed by atoms with Crippen molar-refractivity contribution in [3.05, 3.63) is 11.9 Å². The van der Waals surface area contributed by atoms with Gasteiger partial charge in [0.25, 0.3) is 0 Å². The van der Waals surface area contributed by atoms with Crippen LogP contribution in [0.4, 0.5) is 5.95 Å². The molecule has 0 bridgehead atoms. The van der Waals surface area contributed by atoms with Crippen LogP contribution in [0.2, 0.25) is 0 Å². The van der Waals surface area contributed by atoms with Crippen molar-refractivity contribution in [3.8, 4) is 0 Å². The Morgan fingerprint density at radius 3 is 2.67 bits per heavy atom. The Hall–Kier alpha value is -0.990. The maximum absolute atomic E-state index is 4.59. The van der Waals surface area contributed by atoms with Crippen LogP contribution in [-0.4, -0.2) is 15.6 Å². The molecule has 1 aromatic rings. The second-order valence-electron chi connectivity index (χ2n) is 5.55. The van der Waals surface area contributed by atoms with E-state index < -0.39 is 0 Å². The van der Waals surface area contributed by atoms with Crippen LogP contribution in [0.15, 0.2) is 6.20 Å². The number of anilines is 1. The Morgan fingerprint density at radius 1 is 1.33 bits per heavy atom. The molecule has 2 atom stereocenters. The maximum Gasteiger partial charge on any atom is 0.203 e. The highest BCUT2D eigenvalue weighted by atomic mass is 15.2. The summed E-state index contributed by atoms with van der Waals surface area (Å²) in [5.41, 5.74) is 1.10. The van der Waals surface area contributed by atoms with E-state index in [4.69, 9.17) is 0 Å². The highest BCUT2D eigenvalue weighted by Gasteiger charge is 2.11. The minimum absolute atomic E-state index is 0.488. The maximum atomic E-state index is 4.59. The molecule has 0 saturated heterocycles. The zero-order chi connectivity index (χ0) is 13.5. The second kappa shape index (κ2) is 7.45. The van der Waals surface area contributed by atoms with E-state index in [0.29, 0.717) is 6.04 Å². The predicted octanol–water partition coefficient (Wildman–Crippen LogP) is 4.23. The Bertz CT molecular complexity index is 344. The molecule has 3 heteroatoms. The van der Waals surface area contributed by atoms with Gasteiger partial charge >= 0.3 is 0 Å². The van der Waals surface area contributed by atoms with E-state index in [1.165, 1.54) is 25.7 Å². The first kappa shape index (κ1) is 15.1. The highest BCUT2D eigenvalue weighted by molar-refractivity contribution is 5.29. The van der Waals surface area contributed by atoms with E-state index in [1.54, 1.807) is 0 Å². The number of aryl methyl sites for hydroxylation is 2. The summed E-state index contributed by atoms with van der Waals surface area (Å²) in [5, 5.41) is 3.56. The fraction of sp³-hybridized carbons (Fsp3) is 0.800. The molecule has 0 aliphatic heterocycles. The fourth-order valence-corrected chi connectivity index (χ4v) is 2.21. The first-order chi connectivity index (χ1) is 8.56. The van der Waals surface area contributed by atoms with Gasteiger partial charge in [0.2, 0.25) is 5.95 Å². The van der Waals surface area contributed by atoms with Gasteiger partial charge in [-0.15, -0.1) is 0 Å². The van der Waals surface area contributed by atoms with E-state index in [0.717, 1.165) is 24.1 Å². The molecular weight excluding hydrogens is 222 g/mol. The van der Waals surface area contributed by atoms with Crippen LogP contribution >= 0.6 is 0 Å². The molecule has 0 aliphatic rings. The van der Waals surface area contributed by atoms with Gasteiger partial charge in [0, 0.05) is 18.8 Å². The number of unbranched alkanes of at least 4 members (excludes halogenated alkanes) is 1. The lowest BCUT2D eigenvalue weighted by atomic mass is 10.0. The minimum Gasteiger partial charge on any atom is -0.353 e. The molecule has 1 N–H and O–H groups in total. The fourth-order valence-electron chi connectivity index (χ4n) is 2.21. The Kier molecular flexibility index (Phi) is 6.23. The first-order valence-electron chi connectivity index (χ1n) is 7.37. The Balaban J connectivity index is 2.59. The molecule has 0 amide bonds. The van der Waals surface area contributed by atoms with Crippen LogP contribution in [0.3, 0.4) is 0 Å². The quantitative estimate of drug-likeness (QED) is 0.749. The van der Waals surface area contributed by atoms with Gasteiger partial charge in [-0.25, -0.2) is 4.98 Å². The van der Waals surface area contributed by atoms with Gasteiger partial charge in [0.05, 0.1) is 5.69 Å². The lowest BCUT2D eigenvalue weighted by molar-refractivity contribution is 0.480. The largest absolute Gasteiger partial charge is 0.353 e. The van der Waals surface area contributed by atoms with Gasteiger partial charge in [-0.05, 0) is 32.6 Å². The summed E-state index contributed by atoms with van der Waals surface area (Å²) >= 11 is 0. The highest BCUT2D eigenvalue weighted by Crippen LogP contribution is 2.15. The second-order valence-corrected chi connectivity index (χ2v) is 5.55. The van der Waals surface area contributed by atoms with Crippen LogP contribution in [0.1, 0.15) is 59.1 Å². The number of hydrogen-bond acceptors (Lipinski definition) is 2. The van der Waals surface area contributed by atoms with E-state index in [-0.39, 0.29) is 0 Å². The third-order valence-electron chi connectivity index (χ3n) is 3.48. The number of rotatable bonds is 8. The van der Waals surface area contributed by atoms with Crippen molar-refractivity contribution in [1.82, 2.24) is 9.55 Å². The molecule has 0 aromatic carbocycles. The van der Waals surface area contributed by atoms with Gasteiger partial charge in [-0.2, -0.15) is 0 Å². The lowest BCUT2D eigenvalue weighted by Crippen LogP contribution is -2.21. The molecule has 0 spiro atoms. The Labute approximate surface area is 112 Å². The van der Waals surface area contributed by atoms with Crippen LogP contribution in [0.5, 0.6) is 0 Å². The van der Waals surface area contributed by atoms with Crippen molar-refractivity contribution in [2.45, 2.75) is 72.9 Å². The average molecular weight is 251 g/mol. The van der Waals surface area contributed by atoms with E-state index in [1.807, 2.05) is 0 Å². The molecule has 1 aromatic heterocycles. The predicted molar refractivity (Wildman–Crippen MR) is 79.0 cm³/mol. The van der Waals surface area contributed by atoms with Crippen molar-refractivity contribution >= 4 is 5.95 Å². The zero-order valence-electron chi connectivity index (χ0n) is 12.7. The van der Waals surface area contributed by atoms with Crippen molar-refractivity contribution < 1.29 is 0 Å². The van der Waals surface area contributed by atoms with Crippen molar-refractivity contribution in [3.63, 3.8) is 0 Å². The molecule has 1 heterocycles. The summed E-state index contributed by atoms with van der Waals surface area (Å²) in [6, 6.07) is 0.488. The monoisotopic (exact) mass is 251 g/mol. The molecule has 104 valence electrons. The van der Waals surface area contributed by atoms with Crippen molar-refractivity contribution in [2.75, 3.05) is 5.32 Å². The first-order valence-corrected chi connectivity index (χ1v) is 7.37. The van der Waals surface area contributed by atoms with E-state index in [2.05, 4.69) is 55.7 Å². The van der Waals surface area contributed by atoms with Crippen molar-refractivity contribution in [2.24, 2.45) is 5.92 Å². The summed E-state index contributed by atoms with van der Waals surface area (Å²) < 4.78 is 2.26. The number of hydrogen-bond donors (Lipinski definition) is 1. The summed E-state index contributed by atoms with van der Waals surface area (Å²) in [6.07, 6.45) is 7.03. The molecule has 2 unspecified atom stereocenters. The number of nitrogens with zero attached hydrogens (tertiary/aromatic N) is 2. The van der Waals surface area contributed by atoms with Gasteiger partial charge in [0.15, 0.2) is 0 Å². The molecule has 3 nitrogen and oxygen atoms in total. The molecule has 0 aliphatic carbocycles. The smallest absolute Gasteiger partial charge is 0.203 e. The molecule has 18 heavy (non-hydrogen) atoms. The van der Waals surface area contributed by atoms with E-state index in [9.17, 15) is 0 Å². The molecular formula is C15H29N3.